The molecule has 0 radical (unpaired) electrons. The number of para-hydroxylation sites is 1. The average molecular weight is 246 g/mol. The summed E-state index contributed by atoms with van der Waals surface area (Å²) in [6.45, 7) is 6.18. The third-order valence-corrected chi connectivity index (χ3v) is 3.75. The second kappa shape index (κ2) is 5.23. The number of anilines is 2. The predicted molar refractivity (Wildman–Crippen MR) is 76.6 cm³/mol. The molecular formula is C14H18N2S. The zero-order valence-corrected chi connectivity index (χ0v) is 11.1. The van der Waals surface area contributed by atoms with Crippen molar-refractivity contribution in [1.29, 1.82) is 0 Å². The molecule has 0 aliphatic rings. The highest BCUT2D eigenvalue weighted by Gasteiger charge is 2.11. The maximum absolute atomic E-state index is 6.09. The molecule has 0 bridgehead atoms. The van der Waals surface area contributed by atoms with E-state index in [4.69, 9.17) is 5.73 Å². The first kappa shape index (κ1) is 12.0. The van der Waals surface area contributed by atoms with Gasteiger partial charge in [-0.3, -0.25) is 0 Å². The summed E-state index contributed by atoms with van der Waals surface area (Å²) in [7, 11) is 0. The number of hydrogen-bond donors (Lipinski definition) is 1. The summed E-state index contributed by atoms with van der Waals surface area (Å²) in [6.07, 6.45) is 0. The zero-order valence-electron chi connectivity index (χ0n) is 10.3. The van der Waals surface area contributed by atoms with Gasteiger partial charge in [0.05, 0.1) is 17.9 Å². The monoisotopic (exact) mass is 246 g/mol. The molecule has 0 saturated carbocycles. The topological polar surface area (TPSA) is 29.3 Å². The summed E-state index contributed by atoms with van der Waals surface area (Å²) in [6, 6.07) is 10.4. The molecule has 0 unspecified atom stereocenters. The van der Waals surface area contributed by atoms with E-state index in [2.05, 4.69) is 42.3 Å². The Kier molecular flexibility index (Phi) is 3.69. The van der Waals surface area contributed by atoms with Crippen molar-refractivity contribution >= 4 is 22.7 Å². The van der Waals surface area contributed by atoms with Gasteiger partial charge in [0.25, 0.3) is 0 Å². The first-order chi connectivity index (χ1) is 8.22. The summed E-state index contributed by atoms with van der Waals surface area (Å²) < 4.78 is 0. The first-order valence-corrected chi connectivity index (χ1v) is 6.72. The Hall–Kier alpha value is -1.48. The molecule has 0 saturated heterocycles. The fourth-order valence-electron chi connectivity index (χ4n) is 2.05. The quantitative estimate of drug-likeness (QED) is 0.834. The van der Waals surface area contributed by atoms with Crippen LogP contribution >= 0.6 is 11.3 Å². The number of hydrogen-bond acceptors (Lipinski definition) is 3. The van der Waals surface area contributed by atoms with Crippen molar-refractivity contribution in [2.24, 2.45) is 0 Å². The van der Waals surface area contributed by atoms with Crippen molar-refractivity contribution in [1.82, 2.24) is 0 Å². The van der Waals surface area contributed by atoms with E-state index in [-0.39, 0.29) is 0 Å². The lowest BCUT2D eigenvalue weighted by Gasteiger charge is -2.25. The first-order valence-electron chi connectivity index (χ1n) is 5.84. The van der Waals surface area contributed by atoms with Crippen LogP contribution in [0, 0.1) is 6.92 Å². The van der Waals surface area contributed by atoms with Gasteiger partial charge < -0.3 is 10.6 Å². The number of benzene rings is 1. The molecule has 1 aromatic carbocycles. The molecule has 2 N–H and O–H groups in total. The summed E-state index contributed by atoms with van der Waals surface area (Å²) >= 11 is 1.79. The Morgan fingerprint density at radius 3 is 2.65 bits per heavy atom. The molecule has 0 fully saturated rings. The van der Waals surface area contributed by atoms with Crippen LogP contribution in [0.25, 0.3) is 0 Å². The molecule has 0 spiro atoms. The van der Waals surface area contributed by atoms with Gasteiger partial charge in [0, 0.05) is 11.4 Å². The number of nitrogen functional groups attached to an aromatic ring is 1. The minimum Gasteiger partial charge on any atom is -0.397 e. The van der Waals surface area contributed by atoms with Gasteiger partial charge >= 0.3 is 0 Å². The summed E-state index contributed by atoms with van der Waals surface area (Å²) in [4.78, 5) is 3.70. The van der Waals surface area contributed by atoms with Crippen molar-refractivity contribution in [3.63, 3.8) is 0 Å². The Balaban J connectivity index is 2.29. The van der Waals surface area contributed by atoms with Crippen molar-refractivity contribution in [2.75, 3.05) is 17.2 Å². The molecule has 17 heavy (non-hydrogen) atoms. The van der Waals surface area contributed by atoms with Crippen LogP contribution in [0.3, 0.4) is 0 Å². The Labute approximate surface area is 107 Å². The van der Waals surface area contributed by atoms with Gasteiger partial charge in [0.15, 0.2) is 0 Å². The van der Waals surface area contributed by atoms with Gasteiger partial charge in [-0.05, 0) is 36.9 Å². The average Bonchev–Trinajstić information content (AvgIpc) is 2.80. The second-order valence-electron chi connectivity index (χ2n) is 4.11. The van der Waals surface area contributed by atoms with E-state index < -0.39 is 0 Å². The van der Waals surface area contributed by atoms with E-state index in [1.807, 2.05) is 12.1 Å². The minimum absolute atomic E-state index is 0.864. The Morgan fingerprint density at radius 2 is 2.06 bits per heavy atom. The van der Waals surface area contributed by atoms with Gasteiger partial charge in [0.2, 0.25) is 0 Å². The van der Waals surface area contributed by atoms with Crippen LogP contribution < -0.4 is 10.6 Å². The standard InChI is InChI=1S/C14H18N2S/c1-3-16(10-12-7-5-9-17-12)14-11(2)6-4-8-13(14)15/h4-9H,3,10,15H2,1-2H3. The van der Waals surface area contributed by atoms with E-state index >= 15 is 0 Å². The van der Waals surface area contributed by atoms with Crippen LogP contribution in [-0.4, -0.2) is 6.54 Å². The van der Waals surface area contributed by atoms with E-state index in [1.165, 1.54) is 16.1 Å². The number of nitrogens with two attached hydrogens (primary N) is 1. The van der Waals surface area contributed by atoms with Gasteiger partial charge in [-0.25, -0.2) is 0 Å². The largest absolute Gasteiger partial charge is 0.397 e. The van der Waals surface area contributed by atoms with Crippen molar-refractivity contribution < 1.29 is 0 Å². The molecule has 2 rings (SSSR count). The maximum Gasteiger partial charge on any atom is 0.0632 e. The number of nitrogens with zero attached hydrogens (tertiary/aromatic N) is 1. The third kappa shape index (κ3) is 2.61. The lowest BCUT2D eigenvalue weighted by Crippen LogP contribution is -2.23. The summed E-state index contributed by atoms with van der Waals surface area (Å²) in [5, 5.41) is 2.12. The highest BCUT2D eigenvalue weighted by atomic mass is 32.1. The predicted octanol–water partition coefficient (Wildman–Crippen LogP) is 3.67. The molecule has 90 valence electrons. The normalized spacial score (nSPS) is 10.5. The zero-order chi connectivity index (χ0) is 12.3. The molecule has 0 amide bonds. The SMILES string of the molecule is CCN(Cc1cccs1)c1c(C)cccc1N. The fraction of sp³-hybridized carbons (Fsp3) is 0.286. The van der Waals surface area contributed by atoms with Crippen LogP contribution in [0.5, 0.6) is 0 Å². The molecular weight excluding hydrogens is 228 g/mol. The Morgan fingerprint density at radius 1 is 1.24 bits per heavy atom. The molecule has 0 aliphatic carbocycles. The molecule has 0 aliphatic heterocycles. The van der Waals surface area contributed by atoms with Gasteiger partial charge in [-0.2, -0.15) is 0 Å². The van der Waals surface area contributed by atoms with E-state index in [9.17, 15) is 0 Å². The Bertz CT molecular complexity index is 457. The summed E-state index contributed by atoms with van der Waals surface area (Å²) in [5.74, 6) is 0. The lowest BCUT2D eigenvalue weighted by molar-refractivity contribution is 0.840. The van der Waals surface area contributed by atoms with E-state index in [1.54, 1.807) is 11.3 Å². The highest BCUT2D eigenvalue weighted by Crippen LogP contribution is 2.29. The highest BCUT2D eigenvalue weighted by molar-refractivity contribution is 7.09. The van der Waals surface area contributed by atoms with E-state index in [0.717, 1.165) is 18.8 Å². The minimum atomic E-state index is 0.864. The molecule has 2 aromatic rings. The lowest BCUT2D eigenvalue weighted by atomic mass is 10.1. The van der Waals surface area contributed by atoms with Crippen LogP contribution in [-0.2, 0) is 6.54 Å². The molecule has 1 heterocycles. The van der Waals surface area contributed by atoms with Gasteiger partial charge in [0.1, 0.15) is 0 Å². The number of aryl methyl sites for hydroxylation is 1. The van der Waals surface area contributed by atoms with Gasteiger partial charge in [-0.15, -0.1) is 11.3 Å². The van der Waals surface area contributed by atoms with Crippen LogP contribution in [0.2, 0.25) is 0 Å². The van der Waals surface area contributed by atoms with Crippen LogP contribution in [0.1, 0.15) is 17.4 Å². The van der Waals surface area contributed by atoms with Crippen molar-refractivity contribution in [3.8, 4) is 0 Å². The second-order valence-corrected chi connectivity index (χ2v) is 5.14. The third-order valence-electron chi connectivity index (χ3n) is 2.89. The molecule has 3 heteroatoms. The maximum atomic E-state index is 6.09. The van der Waals surface area contributed by atoms with Crippen molar-refractivity contribution in [2.45, 2.75) is 20.4 Å². The smallest absolute Gasteiger partial charge is 0.0632 e. The van der Waals surface area contributed by atoms with Crippen LogP contribution in [0.4, 0.5) is 11.4 Å². The molecule has 2 nitrogen and oxygen atoms in total. The van der Waals surface area contributed by atoms with Gasteiger partial charge in [-0.1, -0.05) is 18.2 Å². The number of thiophene rings is 1. The van der Waals surface area contributed by atoms with Crippen LogP contribution in [0.15, 0.2) is 35.7 Å². The molecule has 0 atom stereocenters. The fourth-order valence-corrected chi connectivity index (χ4v) is 2.77. The van der Waals surface area contributed by atoms with E-state index in [0.29, 0.717) is 0 Å². The summed E-state index contributed by atoms with van der Waals surface area (Å²) in [5.41, 5.74) is 9.36. The number of rotatable bonds is 4. The molecule has 1 aromatic heterocycles. The van der Waals surface area contributed by atoms with Crippen molar-refractivity contribution in [3.05, 3.63) is 46.2 Å².